The number of fused-ring (bicyclic) bond motifs is 1. The van der Waals surface area contributed by atoms with E-state index in [9.17, 15) is 14.4 Å². The number of alkyl halides is 1. The van der Waals surface area contributed by atoms with Crippen LogP contribution < -0.4 is 4.90 Å². The molecule has 0 spiro atoms. The number of carbonyl (C=O) groups excluding carboxylic acids is 3. The minimum absolute atomic E-state index is 0.0401. The molecule has 2 aromatic rings. The van der Waals surface area contributed by atoms with Gasteiger partial charge in [0.15, 0.2) is 0 Å². The summed E-state index contributed by atoms with van der Waals surface area (Å²) in [6.07, 6.45) is 0. The van der Waals surface area contributed by atoms with Gasteiger partial charge < -0.3 is 9.47 Å². The van der Waals surface area contributed by atoms with Gasteiger partial charge in [-0.15, -0.1) is 0 Å². The van der Waals surface area contributed by atoms with E-state index in [1.807, 2.05) is 30.3 Å². The lowest BCUT2D eigenvalue weighted by molar-refractivity contribution is -0.121. The van der Waals surface area contributed by atoms with Crippen molar-refractivity contribution in [2.75, 3.05) is 24.4 Å². The standard InChI is InChI=1S/C20H16BrNO5/c1-26-18(12-6-4-3-5-7-12)17-14-9-8-13(20(25)27-2)10-15(14)22(19(17)24)16(23)11-21/h3-10H,11H2,1-2H3/b18-17-. The first-order valence-corrected chi connectivity index (χ1v) is 9.15. The van der Waals surface area contributed by atoms with E-state index in [0.717, 1.165) is 4.90 Å². The second-order valence-corrected chi connectivity index (χ2v) is 6.23. The van der Waals surface area contributed by atoms with Crippen molar-refractivity contribution in [3.63, 3.8) is 0 Å². The summed E-state index contributed by atoms with van der Waals surface area (Å²) in [5.74, 6) is -1.14. The Kier molecular flexibility index (Phi) is 5.41. The van der Waals surface area contributed by atoms with E-state index in [-0.39, 0.29) is 16.5 Å². The van der Waals surface area contributed by atoms with Crippen LogP contribution in [-0.4, -0.2) is 37.3 Å². The molecule has 0 bridgehead atoms. The van der Waals surface area contributed by atoms with Gasteiger partial charge in [0.2, 0.25) is 5.91 Å². The zero-order chi connectivity index (χ0) is 19.6. The molecule has 2 aromatic carbocycles. The number of imide groups is 1. The first-order chi connectivity index (χ1) is 13.0. The Morgan fingerprint density at radius 3 is 2.30 bits per heavy atom. The molecule has 0 unspecified atom stereocenters. The molecule has 1 heterocycles. The van der Waals surface area contributed by atoms with Gasteiger partial charge in [-0.05, 0) is 12.1 Å². The van der Waals surface area contributed by atoms with E-state index in [2.05, 4.69) is 15.9 Å². The summed E-state index contributed by atoms with van der Waals surface area (Å²) in [5, 5.41) is -0.0401. The molecule has 0 atom stereocenters. The highest BCUT2D eigenvalue weighted by Gasteiger charge is 2.39. The van der Waals surface area contributed by atoms with Gasteiger partial charge in [0.05, 0.1) is 36.4 Å². The summed E-state index contributed by atoms with van der Waals surface area (Å²) < 4.78 is 10.3. The molecular weight excluding hydrogens is 414 g/mol. The molecule has 0 aliphatic carbocycles. The maximum atomic E-state index is 13.1. The SMILES string of the molecule is COC(=O)c1ccc2c(c1)N(C(=O)CBr)C(=O)/C2=C(\OC)c1ccccc1. The zero-order valence-electron chi connectivity index (χ0n) is 14.7. The Morgan fingerprint density at radius 2 is 1.70 bits per heavy atom. The van der Waals surface area contributed by atoms with Gasteiger partial charge in [0.1, 0.15) is 5.76 Å². The number of hydrogen-bond donors (Lipinski definition) is 0. The van der Waals surface area contributed by atoms with Gasteiger partial charge in [-0.25, -0.2) is 9.69 Å². The minimum Gasteiger partial charge on any atom is -0.495 e. The number of amides is 2. The third-order valence-corrected chi connectivity index (χ3v) is 4.66. The highest BCUT2D eigenvalue weighted by atomic mass is 79.9. The smallest absolute Gasteiger partial charge is 0.337 e. The number of carbonyl (C=O) groups is 3. The van der Waals surface area contributed by atoms with E-state index < -0.39 is 17.8 Å². The molecule has 138 valence electrons. The summed E-state index contributed by atoms with van der Waals surface area (Å²) in [6, 6.07) is 13.8. The number of benzene rings is 2. The van der Waals surface area contributed by atoms with E-state index >= 15 is 0 Å². The lowest BCUT2D eigenvalue weighted by Gasteiger charge is -2.14. The van der Waals surface area contributed by atoms with Crippen LogP contribution in [0.25, 0.3) is 11.3 Å². The Labute approximate surface area is 164 Å². The van der Waals surface area contributed by atoms with Crippen molar-refractivity contribution in [2.24, 2.45) is 0 Å². The van der Waals surface area contributed by atoms with Gasteiger partial charge in [0.25, 0.3) is 5.91 Å². The third kappa shape index (κ3) is 3.26. The van der Waals surface area contributed by atoms with Crippen LogP contribution in [0.5, 0.6) is 0 Å². The Morgan fingerprint density at radius 1 is 1.00 bits per heavy atom. The molecule has 0 fully saturated rings. The number of esters is 1. The first-order valence-electron chi connectivity index (χ1n) is 8.03. The maximum Gasteiger partial charge on any atom is 0.337 e. The largest absolute Gasteiger partial charge is 0.495 e. The molecule has 0 saturated carbocycles. The predicted molar refractivity (Wildman–Crippen MR) is 104 cm³/mol. The second-order valence-electron chi connectivity index (χ2n) is 5.67. The van der Waals surface area contributed by atoms with Crippen molar-refractivity contribution in [3.8, 4) is 0 Å². The van der Waals surface area contributed by atoms with Crippen molar-refractivity contribution in [2.45, 2.75) is 0 Å². The van der Waals surface area contributed by atoms with Crippen LogP contribution in [0.3, 0.4) is 0 Å². The van der Waals surface area contributed by atoms with Gasteiger partial charge in [-0.2, -0.15) is 0 Å². The molecular formula is C20H16BrNO5. The number of hydrogen-bond acceptors (Lipinski definition) is 5. The number of methoxy groups -OCH3 is 2. The van der Waals surface area contributed by atoms with E-state index in [1.54, 1.807) is 12.1 Å². The normalized spacial score (nSPS) is 14.6. The summed E-state index contributed by atoms with van der Waals surface area (Å²) in [5.41, 5.74) is 2.07. The number of ether oxygens (including phenoxy) is 2. The second kappa shape index (κ2) is 7.75. The fourth-order valence-electron chi connectivity index (χ4n) is 2.99. The molecule has 6 nitrogen and oxygen atoms in total. The summed E-state index contributed by atoms with van der Waals surface area (Å²) in [6.45, 7) is 0. The van der Waals surface area contributed by atoms with E-state index in [0.29, 0.717) is 22.6 Å². The molecule has 0 aromatic heterocycles. The third-order valence-electron chi connectivity index (χ3n) is 4.18. The molecule has 3 rings (SSSR count). The number of halogens is 1. The molecule has 0 radical (unpaired) electrons. The van der Waals surface area contributed by atoms with E-state index in [4.69, 9.17) is 9.47 Å². The van der Waals surface area contributed by atoms with Crippen LogP contribution in [0.1, 0.15) is 21.5 Å². The van der Waals surface area contributed by atoms with Crippen LogP contribution >= 0.6 is 15.9 Å². The predicted octanol–water partition coefficient (Wildman–Crippen LogP) is 3.26. The van der Waals surface area contributed by atoms with Crippen LogP contribution in [-0.2, 0) is 19.1 Å². The fourth-order valence-corrected chi connectivity index (χ4v) is 3.24. The first kappa shape index (κ1) is 18.8. The topological polar surface area (TPSA) is 72.9 Å². The van der Waals surface area contributed by atoms with Crippen molar-refractivity contribution >= 4 is 50.7 Å². The molecule has 0 saturated heterocycles. The van der Waals surface area contributed by atoms with Crippen molar-refractivity contribution < 1.29 is 23.9 Å². The lowest BCUT2D eigenvalue weighted by Crippen LogP contribution is -2.34. The quantitative estimate of drug-likeness (QED) is 0.322. The van der Waals surface area contributed by atoms with Crippen LogP contribution in [0.2, 0.25) is 0 Å². The Balaban J connectivity index is 2.27. The van der Waals surface area contributed by atoms with Gasteiger partial charge in [-0.3, -0.25) is 9.59 Å². The molecule has 27 heavy (non-hydrogen) atoms. The molecule has 1 aliphatic rings. The molecule has 0 N–H and O–H groups in total. The van der Waals surface area contributed by atoms with Crippen LogP contribution in [0.15, 0.2) is 48.5 Å². The maximum absolute atomic E-state index is 13.1. The molecule has 1 aliphatic heterocycles. The van der Waals surface area contributed by atoms with Gasteiger partial charge >= 0.3 is 5.97 Å². The Bertz CT molecular complexity index is 952. The number of anilines is 1. The van der Waals surface area contributed by atoms with Crippen molar-refractivity contribution in [1.82, 2.24) is 0 Å². The van der Waals surface area contributed by atoms with E-state index in [1.165, 1.54) is 20.3 Å². The summed E-state index contributed by atoms with van der Waals surface area (Å²) in [7, 11) is 2.74. The monoisotopic (exact) mass is 429 g/mol. The fraction of sp³-hybridized carbons (Fsp3) is 0.150. The lowest BCUT2D eigenvalue weighted by atomic mass is 10.0. The van der Waals surface area contributed by atoms with Crippen LogP contribution in [0, 0.1) is 0 Å². The van der Waals surface area contributed by atoms with Gasteiger partial charge in [0, 0.05) is 11.1 Å². The zero-order valence-corrected chi connectivity index (χ0v) is 16.3. The van der Waals surface area contributed by atoms with Crippen molar-refractivity contribution in [1.29, 1.82) is 0 Å². The molecule has 2 amide bonds. The minimum atomic E-state index is -0.552. The summed E-state index contributed by atoms with van der Waals surface area (Å²) >= 11 is 3.10. The Hall–Kier alpha value is -2.93. The number of rotatable bonds is 4. The number of nitrogens with zero attached hydrogens (tertiary/aromatic N) is 1. The highest BCUT2D eigenvalue weighted by Crippen LogP contribution is 2.41. The highest BCUT2D eigenvalue weighted by molar-refractivity contribution is 9.09. The average molecular weight is 430 g/mol. The van der Waals surface area contributed by atoms with Crippen molar-refractivity contribution in [3.05, 3.63) is 65.2 Å². The van der Waals surface area contributed by atoms with Crippen LogP contribution in [0.4, 0.5) is 5.69 Å². The summed E-state index contributed by atoms with van der Waals surface area (Å²) in [4.78, 5) is 38.5. The molecule has 7 heteroatoms. The van der Waals surface area contributed by atoms with Gasteiger partial charge in [-0.1, -0.05) is 52.3 Å². The average Bonchev–Trinajstić information content (AvgIpc) is 2.99.